The van der Waals surface area contributed by atoms with Gasteiger partial charge in [0.15, 0.2) is 0 Å². The van der Waals surface area contributed by atoms with Crippen LogP contribution >= 0.6 is 15.9 Å². The van der Waals surface area contributed by atoms with E-state index in [0.717, 1.165) is 16.5 Å². The van der Waals surface area contributed by atoms with Gasteiger partial charge in [0.1, 0.15) is 5.82 Å². The van der Waals surface area contributed by atoms with Gasteiger partial charge in [0.2, 0.25) is 0 Å². The van der Waals surface area contributed by atoms with Crippen molar-refractivity contribution in [2.24, 2.45) is 0 Å². The van der Waals surface area contributed by atoms with Crippen LogP contribution in [0.25, 0.3) is 0 Å². The summed E-state index contributed by atoms with van der Waals surface area (Å²) >= 11 is 3.31. The van der Waals surface area contributed by atoms with Crippen molar-refractivity contribution >= 4 is 27.4 Å². The maximum Gasteiger partial charge on any atom is 0.269 e. The van der Waals surface area contributed by atoms with Crippen molar-refractivity contribution in [1.82, 2.24) is 9.78 Å². The second-order valence-electron chi connectivity index (χ2n) is 4.10. The number of non-ortho nitro benzene ring substituents is 1. The molecule has 1 heterocycles. The first-order valence-electron chi connectivity index (χ1n) is 5.77. The number of anilines is 1. The second kappa shape index (κ2) is 5.40. The minimum Gasteiger partial charge on any atom is -0.383 e. The molecule has 0 amide bonds. The third-order valence-corrected chi connectivity index (χ3v) is 3.55. The highest BCUT2D eigenvalue weighted by Crippen LogP contribution is 2.29. The fourth-order valence-corrected chi connectivity index (χ4v) is 2.27. The molecular formula is C12H13BrN4O2. The van der Waals surface area contributed by atoms with Gasteiger partial charge in [-0.1, -0.05) is 19.1 Å². The molecule has 100 valence electrons. The van der Waals surface area contributed by atoms with E-state index >= 15 is 0 Å². The summed E-state index contributed by atoms with van der Waals surface area (Å²) in [5.74, 6) is 0.512. The van der Waals surface area contributed by atoms with E-state index in [1.54, 1.807) is 23.0 Å². The molecule has 0 aliphatic heterocycles. The predicted octanol–water partition coefficient (Wildman–Crippen LogP) is 3.14. The van der Waals surface area contributed by atoms with Crippen molar-refractivity contribution in [2.75, 3.05) is 5.73 Å². The third-order valence-electron chi connectivity index (χ3n) is 2.93. The Labute approximate surface area is 118 Å². The lowest BCUT2D eigenvalue weighted by Gasteiger charge is -2.17. The molecule has 1 atom stereocenters. The molecule has 1 aromatic carbocycles. The quantitative estimate of drug-likeness (QED) is 0.691. The smallest absolute Gasteiger partial charge is 0.269 e. The topological polar surface area (TPSA) is 87.0 Å². The number of hydrogen-bond acceptors (Lipinski definition) is 4. The van der Waals surface area contributed by atoms with Crippen molar-refractivity contribution in [1.29, 1.82) is 0 Å². The number of hydrogen-bond donors (Lipinski definition) is 1. The molecular weight excluding hydrogens is 312 g/mol. The number of nitrogen functional groups attached to an aromatic ring is 1. The molecule has 0 spiro atoms. The van der Waals surface area contributed by atoms with Gasteiger partial charge in [-0.15, -0.1) is 0 Å². The Hall–Kier alpha value is -1.89. The molecule has 0 aliphatic carbocycles. The highest BCUT2D eigenvalue weighted by Gasteiger charge is 2.18. The standard InChI is InChI=1S/C12H13BrN4O2/c1-2-11(16-12(14)10(13)7-15-16)8-4-3-5-9(6-8)17(18)19/h3-7,11H,2,14H2,1H3. The van der Waals surface area contributed by atoms with Crippen LogP contribution in [0.4, 0.5) is 11.5 Å². The van der Waals surface area contributed by atoms with Gasteiger partial charge in [-0.3, -0.25) is 10.1 Å². The van der Waals surface area contributed by atoms with Crippen molar-refractivity contribution in [3.63, 3.8) is 0 Å². The van der Waals surface area contributed by atoms with Gasteiger partial charge >= 0.3 is 0 Å². The van der Waals surface area contributed by atoms with E-state index in [0.29, 0.717) is 5.82 Å². The minimum atomic E-state index is -0.404. The van der Waals surface area contributed by atoms with Crippen molar-refractivity contribution < 1.29 is 4.92 Å². The van der Waals surface area contributed by atoms with Crippen molar-refractivity contribution in [3.05, 3.63) is 50.6 Å². The van der Waals surface area contributed by atoms with Gasteiger partial charge in [0.05, 0.1) is 21.6 Å². The van der Waals surface area contributed by atoms with Crippen LogP contribution < -0.4 is 5.73 Å². The van der Waals surface area contributed by atoms with Gasteiger partial charge in [-0.25, -0.2) is 4.68 Å². The molecule has 0 saturated heterocycles. The summed E-state index contributed by atoms with van der Waals surface area (Å²) in [5, 5.41) is 15.0. The fraction of sp³-hybridized carbons (Fsp3) is 0.250. The zero-order chi connectivity index (χ0) is 14.0. The molecule has 7 heteroatoms. The van der Waals surface area contributed by atoms with Gasteiger partial charge in [-0.05, 0) is 27.9 Å². The van der Waals surface area contributed by atoms with Gasteiger partial charge < -0.3 is 5.73 Å². The van der Waals surface area contributed by atoms with Crippen molar-refractivity contribution in [2.45, 2.75) is 19.4 Å². The Morgan fingerprint density at radius 3 is 2.84 bits per heavy atom. The second-order valence-corrected chi connectivity index (χ2v) is 4.95. The van der Waals surface area contributed by atoms with E-state index in [-0.39, 0.29) is 11.7 Å². The monoisotopic (exact) mass is 324 g/mol. The number of nitrogens with two attached hydrogens (primary N) is 1. The first kappa shape index (κ1) is 13.5. The Morgan fingerprint density at radius 1 is 1.58 bits per heavy atom. The number of benzene rings is 1. The summed E-state index contributed by atoms with van der Waals surface area (Å²) in [6, 6.07) is 6.43. The van der Waals surface area contributed by atoms with Gasteiger partial charge in [-0.2, -0.15) is 5.10 Å². The lowest BCUT2D eigenvalue weighted by molar-refractivity contribution is -0.384. The summed E-state index contributed by atoms with van der Waals surface area (Å²) < 4.78 is 2.39. The average Bonchev–Trinajstić information content (AvgIpc) is 2.72. The van der Waals surface area contributed by atoms with E-state index in [4.69, 9.17) is 5.73 Å². The molecule has 0 fully saturated rings. The van der Waals surface area contributed by atoms with Gasteiger partial charge in [0, 0.05) is 12.1 Å². The van der Waals surface area contributed by atoms with E-state index in [1.807, 2.05) is 13.0 Å². The predicted molar refractivity (Wildman–Crippen MR) is 75.9 cm³/mol. The van der Waals surface area contributed by atoms with E-state index in [1.165, 1.54) is 6.07 Å². The van der Waals surface area contributed by atoms with Gasteiger partial charge in [0.25, 0.3) is 5.69 Å². The Kier molecular flexibility index (Phi) is 3.84. The summed E-state index contributed by atoms with van der Waals surface area (Å²) in [7, 11) is 0. The number of nitro benzene ring substituents is 1. The molecule has 0 radical (unpaired) electrons. The van der Waals surface area contributed by atoms with Crippen LogP contribution in [0.15, 0.2) is 34.9 Å². The highest BCUT2D eigenvalue weighted by molar-refractivity contribution is 9.10. The summed E-state index contributed by atoms with van der Waals surface area (Å²) in [5.41, 5.74) is 6.82. The Morgan fingerprint density at radius 2 is 2.32 bits per heavy atom. The minimum absolute atomic E-state index is 0.0701. The molecule has 2 aromatic rings. The Balaban J connectivity index is 2.45. The number of nitro groups is 1. The number of nitrogens with zero attached hydrogens (tertiary/aromatic N) is 3. The number of aromatic nitrogens is 2. The first-order valence-corrected chi connectivity index (χ1v) is 6.56. The summed E-state index contributed by atoms with van der Waals surface area (Å²) in [6.45, 7) is 1.98. The molecule has 2 N–H and O–H groups in total. The lowest BCUT2D eigenvalue weighted by atomic mass is 10.0. The van der Waals surface area contributed by atoms with Crippen LogP contribution in [0.1, 0.15) is 24.9 Å². The molecule has 1 unspecified atom stereocenters. The van der Waals surface area contributed by atoms with Crippen LogP contribution in [0.3, 0.4) is 0 Å². The number of halogens is 1. The number of rotatable bonds is 4. The largest absolute Gasteiger partial charge is 0.383 e. The molecule has 19 heavy (non-hydrogen) atoms. The molecule has 0 bridgehead atoms. The fourth-order valence-electron chi connectivity index (χ4n) is 1.99. The highest BCUT2D eigenvalue weighted by atomic mass is 79.9. The van der Waals surface area contributed by atoms with Crippen LogP contribution in [0, 0.1) is 10.1 Å². The van der Waals surface area contributed by atoms with Crippen LogP contribution in [0.5, 0.6) is 0 Å². The molecule has 0 saturated carbocycles. The zero-order valence-corrected chi connectivity index (χ0v) is 11.9. The van der Waals surface area contributed by atoms with E-state index < -0.39 is 4.92 Å². The normalized spacial score (nSPS) is 12.3. The third kappa shape index (κ3) is 2.60. The van der Waals surface area contributed by atoms with Crippen LogP contribution in [-0.2, 0) is 0 Å². The summed E-state index contributed by atoms with van der Waals surface area (Å²) in [6.07, 6.45) is 2.36. The SMILES string of the molecule is CCC(c1cccc([N+](=O)[O-])c1)n1ncc(Br)c1N. The molecule has 2 rings (SSSR count). The maximum absolute atomic E-state index is 10.8. The Bertz CT molecular complexity index is 612. The maximum atomic E-state index is 10.8. The first-order chi connectivity index (χ1) is 9.04. The summed E-state index contributed by atoms with van der Waals surface area (Å²) in [4.78, 5) is 10.4. The average molecular weight is 325 g/mol. The zero-order valence-electron chi connectivity index (χ0n) is 10.3. The van der Waals surface area contributed by atoms with E-state index in [2.05, 4.69) is 21.0 Å². The molecule has 6 nitrogen and oxygen atoms in total. The van der Waals surface area contributed by atoms with E-state index in [9.17, 15) is 10.1 Å². The van der Waals surface area contributed by atoms with Crippen LogP contribution in [-0.4, -0.2) is 14.7 Å². The van der Waals surface area contributed by atoms with Crippen molar-refractivity contribution in [3.8, 4) is 0 Å². The molecule has 0 aliphatic rings. The molecule has 1 aromatic heterocycles. The van der Waals surface area contributed by atoms with Crippen LogP contribution in [0.2, 0.25) is 0 Å². The lowest BCUT2D eigenvalue weighted by Crippen LogP contribution is -2.14.